The first-order valence-electron chi connectivity index (χ1n) is 0. The van der Waals surface area contributed by atoms with Crippen LogP contribution in [0.2, 0.25) is 0 Å². The van der Waals surface area contributed by atoms with E-state index in [1.807, 2.05) is 0 Å². The summed E-state index contributed by atoms with van der Waals surface area (Å²) in [5.74, 6) is 0. The maximum absolute atomic E-state index is 0. The van der Waals surface area contributed by atoms with Gasteiger partial charge in [0.2, 0.25) is 0 Å². The van der Waals surface area contributed by atoms with E-state index >= 15 is 0 Å². The smallest absolute Gasteiger partial charge is 0 e. The summed E-state index contributed by atoms with van der Waals surface area (Å²) in [7, 11) is 0. The van der Waals surface area contributed by atoms with Crippen LogP contribution in [0.1, 0.15) is 0 Å². The normalized spacial score (nSPS) is 0. The van der Waals surface area contributed by atoms with Crippen LogP contribution in [-0.4, -0.2) is 21.9 Å². The summed E-state index contributed by atoms with van der Waals surface area (Å²) >= 11 is 0. The average Bonchev–Trinajstić information content (AvgIpc) is 0. The SMILES string of the molecule is Br.O.O.O.O.[Au]. The Kier molecular flexibility index (Phi) is 5310. The van der Waals surface area contributed by atoms with Crippen LogP contribution in [-0.2, 0) is 22.4 Å². The molecule has 0 aromatic carbocycles. The van der Waals surface area contributed by atoms with Crippen LogP contribution < -0.4 is 0 Å². The molecule has 0 aromatic rings. The third kappa shape index (κ3) is 74.2. The molecule has 0 unspecified atom stereocenters. The molecule has 51 valence electrons. The molecular formula is H9AuBrO4. The van der Waals surface area contributed by atoms with Crippen molar-refractivity contribution in [2.45, 2.75) is 0 Å². The summed E-state index contributed by atoms with van der Waals surface area (Å²) in [6.45, 7) is 0. The molecule has 0 amide bonds. The second-order valence-electron chi connectivity index (χ2n) is 0. The molecule has 0 aromatic heterocycles. The van der Waals surface area contributed by atoms with E-state index in [1.54, 1.807) is 0 Å². The van der Waals surface area contributed by atoms with Gasteiger partial charge in [-0.1, -0.05) is 0 Å². The fourth-order valence-electron chi connectivity index (χ4n) is 0. The molecule has 0 bridgehead atoms. The minimum Gasteiger partial charge on any atom is -0.412 e. The summed E-state index contributed by atoms with van der Waals surface area (Å²) < 4.78 is 0. The van der Waals surface area contributed by atoms with Gasteiger partial charge in [-0.3, -0.25) is 0 Å². The van der Waals surface area contributed by atoms with Crippen LogP contribution >= 0.6 is 17.0 Å². The van der Waals surface area contributed by atoms with Crippen molar-refractivity contribution in [3.63, 3.8) is 0 Å². The quantitative estimate of drug-likeness (QED) is 0.421. The van der Waals surface area contributed by atoms with Gasteiger partial charge in [0.15, 0.2) is 0 Å². The van der Waals surface area contributed by atoms with E-state index in [1.165, 1.54) is 0 Å². The van der Waals surface area contributed by atoms with Gasteiger partial charge in [0, 0.05) is 22.4 Å². The Labute approximate surface area is 61.4 Å². The Morgan fingerprint density at radius 2 is 0.500 bits per heavy atom. The molecule has 0 atom stereocenters. The van der Waals surface area contributed by atoms with Crippen molar-refractivity contribution in [2.75, 3.05) is 0 Å². The first-order valence-corrected chi connectivity index (χ1v) is 0. The van der Waals surface area contributed by atoms with Gasteiger partial charge in [-0.05, 0) is 0 Å². The molecule has 0 aliphatic heterocycles. The molecule has 6 heavy (non-hydrogen) atoms. The maximum atomic E-state index is 0. The molecule has 8 N–H and O–H groups in total. The van der Waals surface area contributed by atoms with Gasteiger partial charge in [-0.25, -0.2) is 0 Å². The molecule has 0 fully saturated rings. The predicted octanol–water partition coefficient (Wildman–Crippen LogP) is -2.72. The zero-order valence-electron chi connectivity index (χ0n) is 2.71. The van der Waals surface area contributed by atoms with Crippen LogP contribution in [0.25, 0.3) is 0 Å². The Morgan fingerprint density at radius 1 is 0.500 bits per heavy atom. The van der Waals surface area contributed by atoms with Crippen LogP contribution in [0.5, 0.6) is 0 Å². The van der Waals surface area contributed by atoms with Crippen LogP contribution in [0.4, 0.5) is 0 Å². The second-order valence-corrected chi connectivity index (χ2v) is 0. The van der Waals surface area contributed by atoms with Crippen LogP contribution in [0.3, 0.4) is 0 Å². The molecule has 0 aliphatic carbocycles. The van der Waals surface area contributed by atoms with E-state index in [0.717, 1.165) is 0 Å². The number of hydrogen-bond acceptors (Lipinski definition) is 0. The number of halogens is 1. The van der Waals surface area contributed by atoms with E-state index < -0.39 is 0 Å². The molecular weight excluding hydrogens is 341 g/mol. The third-order valence-corrected chi connectivity index (χ3v) is 0. The number of hydrogen-bond donors (Lipinski definition) is 0. The predicted molar refractivity (Wildman–Crippen MR) is 24.8 cm³/mol. The van der Waals surface area contributed by atoms with Crippen molar-refractivity contribution in [3.05, 3.63) is 0 Å². The molecule has 1 radical (unpaired) electrons. The molecule has 0 spiro atoms. The maximum Gasteiger partial charge on any atom is 0 e. The van der Waals surface area contributed by atoms with Crippen molar-refractivity contribution < 1.29 is 44.3 Å². The molecule has 0 heterocycles. The largest absolute Gasteiger partial charge is 0.412 e. The minimum absolute atomic E-state index is 0. The summed E-state index contributed by atoms with van der Waals surface area (Å²) in [6, 6.07) is 0. The van der Waals surface area contributed by atoms with Gasteiger partial charge in [-0.2, -0.15) is 0 Å². The molecule has 4 nitrogen and oxygen atoms in total. The fourth-order valence-corrected chi connectivity index (χ4v) is 0. The van der Waals surface area contributed by atoms with Crippen molar-refractivity contribution >= 4 is 17.0 Å². The average molecular weight is 350 g/mol. The second kappa shape index (κ2) is 138. The molecule has 0 saturated heterocycles. The molecule has 6 heteroatoms. The standard InChI is InChI=1S/Au.BrH.4H2O/h;1H;4*1H2. The number of rotatable bonds is 0. The zero-order valence-corrected chi connectivity index (χ0v) is 6.59. The molecule has 0 aliphatic rings. The summed E-state index contributed by atoms with van der Waals surface area (Å²) in [5.41, 5.74) is 0. The van der Waals surface area contributed by atoms with Gasteiger partial charge in [0.25, 0.3) is 0 Å². The summed E-state index contributed by atoms with van der Waals surface area (Å²) in [4.78, 5) is 0. The summed E-state index contributed by atoms with van der Waals surface area (Å²) in [5, 5.41) is 0. The van der Waals surface area contributed by atoms with E-state index in [4.69, 9.17) is 0 Å². The zero-order chi connectivity index (χ0) is 0. The van der Waals surface area contributed by atoms with Crippen molar-refractivity contribution in [1.82, 2.24) is 0 Å². The Balaban J connectivity index is 0. The van der Waals surface area contributed by atoms with Crippen LogP contribution in [0.15, 0.2) is 0 Å². The van der Waals surface area contributed by atoms with E-state index in [0.29, 0.717) is 0 Å². The third-order valence-electron chi connectivity index (χ3n) is 0. The Bertz CT molecular complexity index is 7.51. The van der Waals surface area contributed by atoms with Crippen molar-refractivity contribution in [2.24, 2.45) is 0 Å². The topological polar surface area (TPSA) is 126 Å². The Hall–Kier alpha value is 1.06. The monoisotopic (exact) mass is 349 g/mol. The van der Waals surface area contributed by atoms with Gasteiger partial charge >= 0.3 is 0 Å². The van der Waals surface area contributed by atoms with Crippen molar-refractivity contribution in [1.29, 1.82) is 0 Å². The van der Waals surface area contributed by atoms with Crippen molar-refractivity contribution in [3.8, 4) is 0 Å². The van der Waals surface area contributed by atoms with E-state index in [-0.39, 0.29) is 61.3 Å². The van der Waals surface area contributed by atoms with E-state index in [9.17, 15) is 0 Å². The Morgan fingerprint density at radius 3 is 0.500 bits per heavy atom. The summed E-state index contributed by atoms with van der Waals surface area (Å²) in [6.07, 6.45) is 0. The van der Waals surface area contributed by atoms with Gasteiger partial charge in [0.05, 0.1) is 0 Å². The van der Waals surface area contributed by atoms with Gasteiger partial charge < -0.3 is 21.9 Å². The van der Waals surface area contributed by atoms with E-state index in [2.05, 4.69) is 0 Å². The first kappa shape index (κ1) is 231. The van der Waals surface area contributed by atoms with Gasteiger partial charge in [0.1, 0.15) is 0 Å². The van der Waals surface area contributed by atoms with Crippen LogP contribution in [0, 0.1) is 0 Å². The molecule has 0 saturated carbocycles. The first-order chi connectivity index (χ1) is 0. The fraction of sp³-hybridized carbons (Fsp3) is 0. The molecule has 0 rings (SSSR count). The van der Waals surface area contributed by atoms with Gasteiger partial charge in [-0.15, -0.1) is 17.0 Å². The minimum atomic E-state index is 0.